The molecule has 0 unspecified atom stereocenters. The lowest BCUT2D eigenvalue weighted by Crippen LogP contribution is -2.36. The first-order valence-electron chi connectivity index (χ1n) is 4.79. The Bertz CT molecular complexity index is 591. The van der Waals surface area contributed by atoms with Crippen molar-refractivity contribution in [2.75, 3.05) is 13.1 Å². The van der Waals surface area contributed by atoms with Crippen molar-refractivity contribution in [3.63, 3.8) is 0 Å². The number of carbonyl (C=O) groups is 1. The molecule has 0 bridgehead atoms. The van der Waals surface area contributed by atoms with E-state index in [0.29, 0.717) is 4.31 Å². The molecule has 0 atom stereocenters. The highest BCUT2D eigenvalue weighted by Gasteiger charge is 2.26. The first-order valence-corrected chi connectivity index (χ1v) is 6.23. The predicted octanol–water partition coefficient (Wildman–Crippen LogP) is 0.534. The third kappa shape index (κ3) is 3.29. The molecule has 0 spiro atoms. The number of carboxylic acids is 1. The van der Waals surface area contributed by atoms with Crippen LogP contribution in [0.3, 0.4) is 0 Å². The number of halogens is 1. The molecule has 0 aliphatic rings. The monoisotopic (exact) mass is 271 g/mol. The second kappa shape index (κ2) is 5.62. The topological polar surface area (TPSA) is 74.7 Å². The lowest BCUT2D eigenvalue weighted by atomic mass is 10.4. The summed E-state index contributed by atoms with van der Waals surface area (Å²) in [4.78, 5) is 10.2. The van der Waals surface area contributed by atoms with Crippen molar-refractivity contribution >= 4 is 16.0 Å². The fourth-order valence-electron chi connectivity index (χ4n) is 1.26. The van der Waals surface area contributed by atoms with Crippen molar-refractivity contribution in [1.29, 1.82) is 0 Å². The van der Waals surface area contributed by atoms with Gasteiger partial charge in [-0.15, -0.1) is 6.42 Å². The van der Waals surface area contributed by atoms with E-state index in [9.17, 15) is 17.6 Å². The van der Waals surface area contributed by atoms with E-state index in [1.54, 1.807) is 0 Å². The van der Waals surface area contributed by atoms with Crippen molar-refractivity contribution in [1.82, 2.24) is 4.31 Å². The van der Waals surface area contributed by atoms with E-state index in [2.05, 4.69) is 5.92 Å². The molecule has 0 aliphatic carbocycles. The van der Waals surface area contributed by atoms with E-state index < -0.39 is 34.9 Å². The molecule has 0 saturated heterocycles. The molecule has 1 aromatic carbocycles. The molecule has 0 amide bonds. The quantitative estimate of drug-likeness (QED) is 0.793. The number of carboxylic acid groups (broad SMARTS) is 1. The van der Waals surface area contributed by atoms with Gasteiger partial charge in [-0.25, -0.2) is 12.8 Å². The summed E-state index contributed by atoms with van der Waals surface area (Å²) < 4.78 is 37.6. The summed E-state index contributed by atoms with van der Waals surface area (Å²) in [5, 5.41) is 8.63. The SMILES string of the molecule is C#CCN(CC(=O)O)S(=O)(=O)c1cccc(F)c1. The van der Waals surface area contributed by atoms with Gasteiger partial charge in [0.1, 0.15) is 12.4 Å². The zero-order valence-corrected chi connectivity index (χ0v) is 10.0. The molecule has 1 aromatic rings. The number of hydrogen-bond acceptors (Lipinski definition) is 3. The minimum absolute atomic E-state index is 0.334. The minimum atomic E-state index is -4.11. The lowest BCUT2D eigenvalue weighted by molar-refractivity contribution is -0.137. The average molecular weight is 271 g/mol. The maximum Gasteiger partial charge on any atom is 0.318 e. The highest BCUT2D eigenvalue weighted by Crippen LogP contribution is 2.16. The molecule has 5 nitrogen and oxygen atoms in total. The third-order valence-corrected chi connectivity index (χ3v) is 3.80. The van der Waals surface area contributed by atoms with Crippen molar-refractivity contribution in [2.45, 2.75) is 4.90 Å². The van der Waals surface area contributed by atoms with Crippen LogP contribution < -0.4 is 0 Å². The number of aliphatic carboxylic acids is 1. The van der Waals surface area contributed by atoms with Gasteiger partial charge in [0, 0.05) is 0 Å². The van der Waals surface area contributed by atoms with E-state index in [4.69, 9.17) is 11.5 Å². The first-order chi connectivity index (χ1) is 8.37. The van der Waals surface area contributed by atoms with Gasteiger partial charge >= 0.3 is 5.97 Å². The van der Waals surface area contributed by atoms with E-state index in [1.165, 1.54) is 12.1 Å². The van der Waals surface area contributed by atoms with Gasteiger partial charge < -0.3 is 5.11 Å². The first kappa shape index (κ1) is 14.2. The number of terminal acetylenes is 1. The second-order valence-electron chi connectivity index (χ2n) is 3.33. The molecule has 0 heterocycles. The smallest absolute Gasteiger partial charge is 0.318 e. The van der Waals surface area contributed by atoms with Gasteiger partial charge in [0.15, 0.2) is 0 Å². The van der Waals surface area contributed by atoms with Gasteiger partial charge in [0.25, 0.3) is 0 Å². The molecule has 0 radical (unpaired) electrons. The standard InChI is InChI=1S/C11H10FNO4S/c1-2-6-13(8-11(14)15)18(16,17)10-5-3-4-9(12)7-10/h1,3-5,7H,6,8H2,(H,14,15). The summed E-state index contributed by atoms with van der Waals surface area (Å²) >= 11 is 0. The van der Waals surface area contributed by atoms with Crippen LogP contribution in [0.5, 0.6) is 0 Å². The van der Waals surface area contributed by atoms with Crippen LogP contribution in [0.2, 0.25) is 0 Å². The molecule has 1 N–H and O–H groups in total. The molecule has 96 valence electrons. The van der Waals surface area contributed by atoms with Crippen molar-refractivity contribution in [2.24, 2.45) is 0 Å². The number of sulfonamides is 1. The zero-order valence-electron chi connectivity index (χ0n) is 9.21. The third-order valence-electron chi connectivity index (χ3n) is 2.01. The van der Waals surface area contributed by atoms with Crippen LogP contribution in [-0.4, -0.2) is 36.9 Å². The Morgan fingerprint density at radius 3 is 2.67 bits per heavy atom. The summed E-state index contributed by atoms with van der Waals surface area (Å²) in [5.74, 6) is -0.0186. The summed E-state index contributed by atoms with van der Waals surface area (Å²) in [7, 11) is -4.11. The minimum Gasteiger partial charge on any atom is -0.480 e. The Morgan fingerprint density at radius 2 is 2.17 bits per heavy atom. The largest absolute Gasteiger partial charge is 0.480 e. The molecule has 18 heavy (non-hydrogen) atoms. The number of nitrogens with zero attached hydrogens (tertiary/aromatic N) is 1. The Labute approximate surface area is 104 Å². The van der Waals surface area contributed by atoms with E-state index in [0.717, 1.165) is 12.1 Å². The molecular formula is C11H10FNO4S. The Hall–Kier alpha value is -1.91. The predicted molar refractivity (Wildman–Crippen MR) is 61.6 cm³/mol. The van der Waals surface area contributed by atoms with Crippen LogP contribution in [0.4, 0.5) is 4.39 Å². The normalized spacial score (nSPS) is 11.2. The van der Waals surface area contributed by atoms with Crippen LogP contribution >= 0.6 is 0 Å². The Kier molecular flexibility index (Phi) is 4.42. The van der Waals surface area contributed by atoms with Gasteiger partial charge in [-0.2, -0.15) is 4.31 Å². The zero-order chi connectivity index (χ0) is 13.8. The molecule has 1 rings (SSSR count). The molecule has 0 aliphatic heterocycles. The van der Waals surface area contributed by atoms with Gasteiger partial charge in [0.05, 0.1) is 11.4 Å². The lowest BCUT2D eigenvalue weighted by Gasteiger charge is -2.17. The molecule has 0 saturated carbocycles. The summed E-state index contributed by atoms with van der Waals surface area (Å²) in [5.41, 5.74) is 0. The molecular weight excluding hydrogens is 261 g/mol. The van der Waals surface area contributed by atoms with Crippen LogP contribution in [0.1, 0.15) is 0 Å². The highest BCUT2D eigenvalue weighted by atomic mass is 32.2. The van der Waals surface area contributed by atoms with Crippen molar-refractivity contribution in [3.8, 4) is 12.3 Å². The highest BCUT2D eigenvalue weighted by molar-refractivity contribution is 7.89. The van der Waals surface area contributed by atoms with Gasteiger partial charge in [-0.1, -0.05) is 12.0 Å². The van der Waals surface area contributed by atoms with Crippen LogP contribution in [-0.2, 0) is 14.8 Å². The fraction of sp³-hybridized carbons (Fsp3) is 0.182. The van der Waals surface area contributed by atoms with Crippen molar-refractivity contribution < 1.29 is 22.7 Å². The maximum absolute atomic E-state index is 13.0. The number of rotatable bonds is 5. The fourth-order valence-corrected chi connectivity index (χ4v) is 2.59. The number of benzene rings is 1. The molecule has 0 fully saturated rings. The van der Waals surface area contributed by atoms with E-state index in [1.807, 2.05) is 0 Å². The van der Waals surface area contributed by atoms with Gasteiger partial charge in [-0.05, 0) is 18.2 Å². The Balaban J connectivity index is 3.17. The molecule has 7 heteroatoms. The van der Waals surface area contributed by atoms with Gasteiger partial charge in [-0.3, -0.25) is 4.79 Å². The summed E-state index contributed by atoms with van der Waals surface area (Å²) in [6, 6.07) is 4.28. The van der Waals surface area contributed by atoms with E-state index >= 15 is 0 Å². The van der Waals surface area contributed by atoms with Crippen molar-refractivity contribution in [3.05, 3.63) is 30.1 Å². The van der Waals surface area contributed by atoms with Crippen LogP contribution in [0, 0.1) is 18.2 Å². The van der Waals surface area contributed by atoms with E-state index in [-0.39, 0.29) is 4.90 Å². The average Bonchev–Trinajstić information content (AvgIpc) is 2.28. The van der Waals surface area contributed by atoms with Crippen LogP contribution in [0.25, 0.3) is 0 Å². The van der Waals surface area contributed by atoms with Gasteiger partial charge in [0.2, 0.25) is 10.0 Å². The summed E-state index contributed by atoms with van der Waals surface area (Å²) in [6.07, 6.45) is 4.99. The molecule has 0 aromatic heterocycles. The maximum atomic E-state index is 13.0. The summed E-state index contributed by atoms with van der Waals surface area (Å²) in [6.45, 7) is -1.17. The van der Waals surface area contributed by atoms with Crippen LogP contribution in [0.15, 0.2) is 29.2 Å². The Morgan fingerprint density at radius 1 is 1.50 bits per heavy atom. The number of hydrogen-bond donors (Lipinski definition) is 1. The second-order valence-corrected chi connectivity index (χ2v) is 5.27.